The van der Waals surface area contributed by atoms with Crippen LogP contribution in [0.3, 0.4) is 0 Å². The zero-order valence-corrected chi connectivity index (χ0v) is 16.5. The number of aliphatic carboxylic acids is 1. The van der Waals surface area contributed by atoms with Gasteiger partial charge in [0.15, 0.2) is 0 Å². The molecule has 1 heterocycles. The predicted molar refractivity (Wildman–Crippen MR) is 103 cm³/mol. The molecule has 29 heavy (non-hydrogen) atoms. The van der Waals surface area contributed by atoms with E-state index in [9.17, 15) is 23.1 Å². The molecule has 1 unspecified atom stereocenters. The molecule has 0 saturated carbocycles. The summed E-state index contributed by atoms with van der Waals surface area (Å²) in [6.45, 7) is 0.922. The van der Waals surface area contributed by atoms with Crippen LogP contribution in [0.5, 0.6) is 5.75 Å². The molecular weight excluding hydrogens is 407 g/mol. The second kappa shape index (κ2) is 8.63. The van der Waals surface area contributed by atoms with Gasteiger partial charge in [0.2, 0.25) is 0 Å². The third-order valence-corrected chi connectivity index (χ3v) is 5.59. The summed E-state index contributed by atoms with van der Waals surface area (Å²) in [5.74, 6) is -0.681. The normalized spacial score (nSPS) is 17.1. The number of piperidine rings is 1. The molecule has 1 aliphatic rings. The lowest BCUT2D eigenvalue weighted by Crippen LogP contribution is -2.39. The lowest BCUT2D eigenvalue weighted by atomic mass is 9.90. The predicted octanol–water partition coefficient (Wildman–Crippen LogP) is 5.25. The Morgan fingerprint density at radius 2 is 1.83 bits per heavy atom. The van der Waals surface area contributed by atoms with Gasteiger partial charge >= 0.3 is 12.1 Å². The first-order valence-corrected chi connectivity index (χ1v) is 9.56. The van der Waals surface area contributed by atoms with Gasteiger partial charge in [-0.3, -0.25) is 9.69 Å². The molecule has 0 amide bonds. The molecule has 1 aliphatic heterocycles. The van der Waals surface area contributed by atoms with Gasteiger partial charge in [0.05, 0.1) is 29.7 Å². The number of carboxylic acid groups (broad SMARTS) is 1. The van der Waals surface area contributed by atoms with Gasteiger partial charge in [-0.1, -0.05) is 29.8 Å². The van der Waals surface area contributed by atoms with E-state index in [2.05, 4.69) is 0 Å². The largest absolute Gasteiger partial charge is 0.497 e. The Morgan fingerprint density at radius 3 is 2.41 bits per heavy atom. The Labute approximate surface area is 171 Å². The van der Waals surface area contributed by atoms with Gasteiger partial charge in [0, 0.05) is 0 Å². The highest BCUT2D eigenvalue weighted by Crippen LogP contribution is 2.39. The average molecular weight is 428 g/mol. The van der Waals surface area contributed by atoms with E-state index in [-0.39, 0.29) is 5.02 Å². The number of carboxylic acids is 1. The van der Waals surface area contributed by atoms with Crippen LogP contribution in [-0.4, -0.2) is 36.2 Å². The molecule has 2 aromatic rings. The van der Waals surface area contributed by atoms with Crippen LogP contribution >= 0.6 is 11.6 Å². The van der Waals surface area contributed by atoms with Crippen LogP contribution in [-0.2, 0) is 11.0 Å². The molecule has 1 saturated heterocycles. The van der Waals surface area contributed by atoms with Gasteiger partial charge in [-0.05, 0) is 61.3 Å². The maximum Gasteiger partial charge on any atom is 0.417 e. The molecule has 1 N–H and O–H groups in total. The van der Waals surface area contributed by atoms with E-state index >= 15 is 0 Å². The molecule has 0 bridgehead atoms. The van der Waals surface area contributed by atoms with Crippen LogP contribution in [0.25, 0.3) is 0 Å². The van der Waals surface area contributed by atoms with Crippen molar-refractivity contribution in [3.8, 4) is 5.75 Å². The van der Waals surface area contributed by atoms with Crippen LogP contribution in [0.1, 0.15) is 35.6 Å². The van der Waals surface area contributed by atoms with Crippen molar-refractivity contribution in [1.82, 2.24) is 4.90 Å². The van der Waals surface area contributed by atoms with Crippen molar-refractivity contribution >= 4 is 17.6 Å². The van der Waals surface area contributed by atoms with Crippen molar-refractivity contribution in [2.75, 3.05) is 20.2 Å². The zero-order valence-electron chi connectivity index (χ0n) is 15.7. The molecule has 1 atom stereocenters. The van der Waals surface area contributed by atoms with Crippen molar-refractivity contribution in [2.24, 2.45) is 5.92 Å². The first kappa shape index (κ1) is 21.5. The van der Waals surface area contributed by atoms with Crippen molar-refractivity contribution in [1.29, 1.82) is 0 Å². The minimum atomic E-state index is -4.57. The first-order chi connectivity index (χ1) is 13.7. The number of hydrogen-bond acceptors (Lipinski definition) is 3. The van der Waals surface area contributed by atoms with E-state index in [0.29, 0.717) is 37.2 Å². The Hall–Kier alpha value is -2.25. The van der Waals surface area contributed by atoms with Crippen LogP contribution in [0, 0.1) is 5.92 Å². The number of likely N-dealkylation sites (tertiary alicyclic amines) is 1. The molecular formula is C21H21ClF3NO3. The third-order valence-electron chi connectivity index (χ3n) is 5.27. The first-order valence-electron chi connectivity index (χ1n) is 9.18. The minimum absolute atomic E-state index is 0.352. The minimum Gasteiger partial charge on any atom is -0.497 e. The number of rotatable bonds is 5. The van der Waals surface area contributed by atoms with Gasteiger partial charge in [0.1, 0.15) is 5.75 Å². The van der Waals surface area contributed by atoms with Crippen LogP contribution < -0.4 is 4.74 Å². The third kappa shape index (κ3) is 4.85. The molecule has 0 radical (unpaired) electrons. The summed E-state index contributed by atoms with van der Waals surface area (Å²) in [5.41, 5.74) is 0.335. The van der Waals surface area contributed by atoms with E-state index in [0.717, 1.165) is 11.6 Å². The fourth-order valence-corrected chi connectivity index (χ4v) is 3.99. The standard InChI is InChI=1S/C21H21ClF3NO3/c1-29-16-4-2-3-14(11-16)19(26-9-7-13(8-10-26)20(27)28)15-5-6-18(22)17(12-15)21(23,24)25/h2-6,11-13,19H,7-10H2,1H3,(H,27,28). The van der Waals surface area contributed by atoms with Gasteiger partial charge in [-0.25, -0.2) is 0 Å². The fourth-order valence-electron chi connectivity index (χ4n) is 3.76. The summed E-state index contributed by atoms with van der Waals surface area (Å²) in [5, 5.41) is 8.90. The number of hydrogen-bond donors (Lipinski definition) is 1. The van der Waals surface area contributed by atoms with E-state index in [4.69, 9.17) is 16.3 Å². The number of nitrogens with zero attached hydrogens (tertiary/aromatic N) is 1. The lowest BCUT2D eigenvalue weighted by Gasteiger charge is -2.37. The van der Waals surface area contributed by atoms with Crippen molar-refractivity contribution in [3.05, 3.63) is 64.2 Å². The highest BCUT2D eigenvalue weighted by Gasteiger charge is 2.36. The summed E-state index contributed by atoms with van der Waals surface area (Å²) in [6, 6.07) is 10.6. The summed E-state index contributed by atoms with van der Waals surface area (Å²) in [4.78, 5) is 13.3. The van der Waals surface area contributed by atoms with Crippen LogP contribution in [0.15, 0.2) is 42.5 Å². The lowest BCUT2D eigenvalue weighted by molar-refractivity contribution is -0.143. The number of benzene rings is 2. The maximum atomic E-state index is 13.4. The molecule has 0 spiro atoms. The number of carbonyl (C=O) groups is 1. The summed E-state index contributed by atoms with van der Waals surface area (Å²) < 4.78 is 45.5. The molecule has 156 valence electrons. The van der Waals surface area contributed by atoms with E-state index in [1.54, 1.807) is 24.3 Å². The Kier molecular flexibility index (Phi) is 6.39. The van der Waals surface area contributed by atoms with Gasteiger partial charge < -0.3 is 9.84 Å². The molecule has 1 fully saturated rings. The second-order valence-electron chi connectivity index (χ2n) is 7.06. The van der Waals surface area contributed by atoms with Gasteiger partial charge in [-0.2, -0.15) is 13.2 Å². The summed E-state index contributed by atoms with van der Waals surface area (Å²) in [7, 11) is 1.52. The SMILES string of the molecule is COc1cccc(C(c2ccc(Cl)c(C(F)(F)F)c2)N2CCC(C(=O)O)CC2)c1. The molecule has 0 aliphatic carbocycles. The monoisotopic (exact) mass is 427 g/mol. The van der Waals surface area contributed by atoms with Crippen molar-refractivity contribution in [3.63, 3.8) is 0 Å². The Balaban J connectivity index is 2.03. The molecule has 8 heteroatoms. The highest BCUT2D eigenvalue weighted by atomic mass is 35.5. The highest BCUT2D eigenvalue weighted by molar-refractivity contribution is 6.31. The summed E-state index contributed by atoms with van der Waals surface area (Å²) in [6.07, 6.45) is -3.69. The van der Waals surface area contributed by atoms with E-state index in [1.807, 2.05) is 11.0 Å². The molecule has 0 aromatic heterocycles. The van der Waals surface area contributed by atoms with Crippen LogP contribution in [0.2, 0.25) is 5.02 Å². The van der Waals surface area contributed by atoms with Crippen molar-refractivity contribution < 1.29 is 27.8 Å². The Bertz CT molecular complexity index is 880. The van der Waals surface area contributed by atoms with E-state index < -0.39 is 29.7 Å². The average Bonchev–Trinajstić information content (AvgIpc) is 2.69. The number of alkyl halides is 3. The number of halogens is 4. The maximum absolute atomic E-state index is 13.4. The summed E-state index contributed by atoms with van der Waals surface area (Å²) >= 11 is 5.80. The van der Waals surface area contributed by atoms with Crippen molar-refractivity contribution in [2.45, 2.75) is 25.1 Å². The quantitative estimate of drug-likeness (QED) is 0.707. The zero-order chi connectivity index (χ0) is 21.2. The van der Waals surface area contributed by atoms with E-state index in [1.165, 1.54) is 13.2 Å². The second-order valence-corrected chi connectivity index (χ2v) is 7.47. The van der Waals surface area contributed by atoms with Gasteiger partial charge in [0.25, 0.3) is 0 Å². The smallest absolute Gasteiger partial charge is 0.417 e. The van der Waals surface area contributed by atoms with Gasteiger partial charge in [-0.15, -0.1) is 0 Å². The fraction of sp³-hybridized carbons (Fsp3) is 0.381. The molecule has 2 aromatic carbocycles. The number of methoxy groups -OCH3 is 1. The topological polar surface area (TPSA) is 49.8 Å². The molecule has 3 rings (SSSR count). The molecule has 4 nitrogen and oxygen atoms in total. The Morgan fingerprint density at radius 1 is 1.17 bits per heavy atom. The van der Waals surface area contributed by atoms with Crippen LogP contribution in [0.4, 0.5) is 13.2 Å². The number of ether oxygens (including phenoxy) is 1.